The highest BCUT2D eigenvalue weighted by molar-refractivity contribution is 5.48. The van der Waals surface area contributed by atoms with Crippen LogP contribution in [0.5, 0.6) is 5.75 Å². The first-order valence-corrected chi connectivity index (χ1v) is 4.57. The third-order valence-electron chi connectivity index (χ3n) is 2.22. The lowest BCUT2D eigenvalue weighted by Gasteiger charge is -2.14. The summed E-state index contributed by atoms with van der Waals surface area (Å²) >= 11 is 0. The van der Waals surface area contributed by atoms with Gasteiger partial charge in [-0.1, -0.05) is 6.07 Å². The molecular formula is C10H12FNO2. The van der Waals surface area contributed by atoms with Crippen LogP contribution in [0.3, 0.4) is 0 Å². The van der Waals surface area contributed by atoms with E-state index in [-0.39, 0.29) is 11.8 Å². The van der Waals surface area contributed by atoms with Crippen LogP contribution in [-0.2, 0) is 4.74 Å². The van der Waals surface area contributed by atoms with Crippen molar-refractivity contribution in [3.8, 4) is 5.75 Å². The fourth-order valence-electron chi connectivity index (χ4n) is 1.50. The molecule has 1 aromatic rings. The molecule has 14 heavy (non-hydrogen) atoms. The zero-order chi connectivity index (χ0) is 9.97. The normalized spacial score (nSPS) is 26.4. The molecule has 2 atom stereocenters. The summed E-state index contributed by atoms with van der Waals surface area (Å²) in [5.41, 5.74) is 0.711. The number of hydrogen-bond donors (Lipinski definition) is 2. The van der Waals surface area contributed by atoms with E-state index in [0.717, 1.165) is 0 Å². The molecule has 0 aliphatic carbocycles. The van der Waals surface area contributed by atoms with Gasteiger partial charge in [-0.25, -0.2) is 4.39 Å². The van der Waals surface area contributed by atoms with Crippen LogP contribution in [0, 0.1) is 0 Å². The van der Waals surface area contributed by atoms with Crippen molar-refractivity contribution in [1.82, 2.24) is 0 Å². The molecule has 4 heteroatoms. The average molecular weight is 197 g/mol. The summed E-state index contributed by atoms with van der Waals surface area (Å²) in [4.78, 5) is 0. The molecule has 1 aliphatic heterocycles. The number of rotatable bonds is 2. The van der Waals surface area contributed by atoms with Crippen LogP contribution >= 0.6 is 0 Å². The first-order chi connectivity index (χ1) is 6.75. The van der Waals surface area contributed by atoms with Gasteiger partial charge >= 0.3 is 0 Å². The van der Waals surface area contributed by atoms with E-state index < -0.39 is 6.36 Å². The summed E-state index contributed by atoms with van der Waals surface area (Å²) in [6.45, 7) is 0.442. The van der Waals surface area contributed by atoms with Gasteiger partial charge in [-0.3, -0.25) is 0 Å². The Morgan fingerprint density at radius 1 is 1.50 bits per heavy atom. The maximum absolute atomic E-state index is 13.0. The average Bonchev–Trinajstić information content (AvgIpc) is 2.52. The SMILES string of the molecule is Oc1cccc(NC2CCOC2F)c1. The van der Waals surface area contributed by atoms with Crippen LogP contribution in [0.25, 0.3) is 0 Å². The van der Waals surface area contributed by atoms with Gasteiger partial charge in [0.15, 0.2) is 0 Å². The van der Waals surface area contributed by atoms with Gasteiger partial charge in [-0.05, 0) is 18.6 Å². The fourth-order valence-corrected chi connectivity index (χ4v) is 1.50. The van der Waals surface area contributed by atoms with E-state index in [1.807, 2.05) is 0 Å². The minimum atomic E-state index is -1.25. The Balaban J connectivity index is 2.03. The lowest BCUT2D eigenvalue weighted by atomic mass is 10.2. The highest BCUT2D eigenvalue weighted by atomic mass is 19.1. The Labute approximate surface area is 81.5 Å². The standard InChI is InChI=1S/C10H12FNO2/c11-10-9(4-5-14-10)12-7-2-1-3-8(13)6-7/h1-3,6,9-10,12-13H,4-5H2. The molecule has 2 unspecified atom stereocenters. The molecule has 1 heterocycles. The van der Waals surface area contributed by atoms with Gasteiger partial charge in [0.05, 0.1) is 12.6 Å². The summed E-state index contributed by atoms with van der Waals surface area (Å²) in [7, 11) is 0. The van der Waals surface area contributed by atoms with Gasteiger partial charge in [0.25, 0.3) is 0 Å². The predicted molar refractivity (Wildman–Crippen MR) is 51.0 cm³/mol. The van der Waals surface area contributed by atoms with E-state index in [4.69, 9.17) is 4.74 Å². The minimum Gasteiger partial charge on any atom is -0.508 e. The van der Waals surface area contributed by atoms with Crippen LogP contribution in [0.4, 0.5) is 10.1 Å². The number of ether oxygens (including phenoxy) is 1. The van der Waals surface area contributed by atoms with E-state index in [9.17, 15) is 9.50 Å². The molecule has 0 bridgehead atoms. The number of phenols is 1. The van der Waals surface area contributed by atoms with Crippen molar-refractivity contribution in [2.24, 2.45) is 0 Å². The number of benzene rings is 1. The van der Waals surface area contributed by atoms with Crippen molar-refractivity contribution < 1.29 is 14.2 Å². The quantitative estimate of drug-likeness (QED) is 0.760. The maximum Gasteiger partial charge on any atom is 0.219 e. The van der Waals surface area contributed by atoms with Gasteiger partial charge in [0.2, 0.25) is 6.36 Å². The van der Waals surface area contributed by atoms with Crippen molar-refractivity contribution in [2.45, 2.75) is 18.8 Å². The fraction of sp³-hybridized carbons (Fsp3) is 0.400. The second-order valence-corrected chi connectivity index (χ2v) is 3.31. The Morgan fingerprint density at radius 2 is 2.36 bits per heavy atom. The van der Waals surface area contributed by atoms with Crippen molar-refractivity contribution in [2.75, 3.05) is 11.9 Å². The number of aromatic hydroxyl groups is 1. The smallest absolute Gasteiger partial charge is 0.219 e. The predicted octanol–water partition coefficient (Wildman–Crippen LogP) is 1.89. The molecule has 0 radical (unpaired) electrons. The molecule has 3 nitrogen and oxygen atoms in total. The maximum atomic E-state index is 13.0. The zero-order valence-electron chi connectivity index (χ0n) is 7.61. The first-order valence-electron chi connectivity index (χ1n) is 4.57. The molecule has 1 aliphatic rings. The number of halogens is 1. The molecule has 0 amide bonds. The molecule has 0 aromatic heterocycles. The Bertz CT molecular complexity index is 319. The summed E-state index contributed by atoms with van der Waals surface area (Å²) in [5.74, 6) is 0.171. The number of phenolic OH excluding ortho intramolecular Hbond substituents is 1. The van der Waals surface area contributed by atoms with Gasteiger partial charge in [0.1, 0.15) is 5.75 Å². The third-order valence-corrected chi connectivity index (χ3v) is 2.22. The number of nitrogens with one attached hydrogen (secondary N) is 1. The van der Waals surface area contributed by atoms with E-state index in [0.29, 0.717) is 18.7 Å². The number of anilines is 1. The van der Waals surface area contributed by atoms with Crippen molar-refractivity contribution in [3.05, 3.63) is 24.3 Å². The van der Waals surface area contributed by atoms with E-state index in [2.05, 4.69) is 5.32 Å². The minimum absolute atomic E-state index is 0.171. The molecule has 2 rings (SSSR count). The van der Waals surface area contributed by atoms with E-state index >= 15 is 0 Å². The molecule has 1 aromatic carbocycles. The second kappa shape index (κ2) is 3.84. The molecule has 0 saturated carbocycles. The second-order valence-electron chi connectivity index (χ2n) is 3.31. The monoisotopic (exact) mass is 197 g/mol. The van der Waals surface area contributed by atoms with Crippen molar-refractivity contribution in [3.63, 3.8) is 0 Å². The molecule has 1 fully saturated rings. The summed E-state index contributed by atoms with van der Waals surface area (Å²) in [6.07, 6.45) is -0.603. The Kier molecular flexibility index (Phi) is 2.54. The lowest BCUT2D eigenvalue weighted by Crippen LogP contribution is -2.25. The van der Waals surface area contributed by atoms with Crippen LogP contribution in [0.2, 0.25) is 0 Å². The van der Waals surface area contributed by atoms with Crippen LogP contribution in [0.15, 0.2) is 24.3 Å². The zero-order valence-corrected chi connectivity index (χ0v) is 7.61. The van der Waals surface area contributed by atoms with Gasteiger partial charge in [-0.2, -0.15) is 0 Å². The number of hydrogen-bond acceptors (Lipinski definition) is 3. The van der Waals surface area contributed by atoms with Crippen molar-refractivity contribution >= 4 is 5.69 Å². The summed E-state index contributed by atoms with van der Waals surface area (Å²) < 4.78 is 17.8. The van der Waals surface area contributed by atoms with E-state index in [1.54, 1.807) is 24.3 Å². The van der Waals surface area contributed by atoms with E-state index in [1.165, 1.54) is 0 Å². The Morgan fingerprint density at radius 3 is 3.00 bits per heavy atom. The molecule has 2 N–H and O–H groups in total. The topological polar surface area (TPSA) is 41.5 Å². The summed E-state index contributed by atoms with van der Waals surface area (Å²) in [5, 5.41) is 12.2. The molecular weight excluding hydrogens is 185 g/mol. The molecule has 0 spiro atoms. The van der Waals surface area contributed by atoms with Gasteiger partial charge in [0, 0.05) is 11.8 Å². The largest absolute Gasteiger partial charge is 0.508 e. The highest BCUT2D eigenvalue weighted by Crippen LogP contribution is 2.22. The Hall–Kier alpha value is -1.29. The summed E-state index contributed by atoms with van der Waals surface area (Å²) in [6, 6.07) is 6.32. The highest BCUT2D eigenvalue weighted by Gasteiger charge is 2.27. The molecule has 1 saturated heterocycles. The molecule has 76 valence electrons. The van der Waals surface area contributed by atoms with Crippen LogP contribution in [0.1, 0.15) is 6.42 Å². The third kappa shape index (κ3) is 1.96. The van der Waals surface area contributed by atoms with Gasteiger partial charge in [-0.15, -0.1) is 0 Å². The first kappa shape index (κ1) is 9.27. The lowest BCUT2D eigenvalue weighted by molar-refractivity contribution is 0.00461. The van der Waals surface area contributed by atoms with Gasteiger partial charge < -0.3 is 15.2 Å². The van der Waals surface area contributed by atoms with Crippen LogP contribution < -0.4 is 5.32 Å². The van der Waals surface area contributed by atoms with Crippen LogP contribution in [-0.4, -0.2) is 24.1 Å². The number of alkyl halides is 1. The van der Waals surface area contributed by atoms with Crippen molar-refractivity contribution in [1.29, 1.82) is 0 Å².